The highest BCUT2D eigenvalue weighted by Gasteiger charge is 2.13. The fourth-order valence-electron chi connectivity index (χ4n) is 2.55. The van der Waals surface area contributed by atoms with Crippen molar-refractivity contribution in [3.8, 4) is 0 Å². The van der Waals surface area contributed by atoms with Crippen LogP contribution >= 0.6 is 11.8 Å². The van der Waals surface area contributed by atoms with Crippen molar-refractivity contribution in [2.45, 2.75) is 17.9 Å². The third-order valence-electron chi connectivity index (χ3n) is 3.86. The van der Waals surface area contributed by atoms with Gasteiger partial charge in [0.15, 0.2) is 0 Å². The van der Waals surface area contributed by atoms with Gasteiger partial charge in [-0.2, -0.15) is 0 Å². The van der Waals surface area contributed by atoms with E-state index in [1.54, 1.807) is 11.8 Å². The molecule has 2 N–H and O–H groups in total. The number of carbonyl (C=O) groups is 1. The number of benzene rings is 3. The predicted molar refractivity (Wildman–Crippen MR) is 104 cm³/mol. The third kappa shape index (κ3) is 3.89. The van der Waals surface area contributed by atoms with Crippen molar-refractivity contribution in [2.24, 2.45) is 0 Å². The van der Waals surface area contributed by atoms with Gasteiger partial charge in [-0.15, -0.1) is 11.8 Å². The quantitative estimate of drug-likeness (QED) is 0.644. The Balaban J connectivity index is 1.68. The van der Waals surface area contributed by atoms with Crippen molar-refractivity contribution in [1.82, 2.24) is 0 Å². The van der Waals surface area contributed by atoms with Crippen LogP contribution in [0.5, 0.6) is 0 Å². The monoisotopic (exact) mass is 336 g/mol. The molecule has 0 fully saturated rings. The minimum atomic E-state index is -0.325. The Morgan fingerprint density at radius 1 is 0.917 bits per heavy atom. The normalized spacial score (nSPS) is 11.9. The van der Waals surface area contributed by atoms with Crippen LogP contribution in [-0.2, 0) is 4.79 Å². The third-order valence-corrected chi connectivity index (χ3v) is 4.59. The van der Waals surface area contributed by atoms with Gasteiger partial charge in [-0.3, -0.25) is 4.79 Å². The van der Waals surface area contributed by atoms with Gasteiger partial charge in [0.1, 0.15) is 6.04 Å². The summed E-state index contributed by atoms with van der Waals surface area (Å²) < 4.78 is 0. The molecule has 3 rings (SSSR count). The first-order valence-electron chi connectivity index (χ1n) is 7.86. The molecule has 4 heteroatoms. The zero-order chi connectivity index (χ0) is 16.9. The Kier molecular flexibility index (Phi) is 5.06. The highest BCUT2D eigenvalue weighted by atomic mass is 32.2. The van der Waals surface area contributed by atoms with Crippen LogP contribution in [-0.4, -0.2) is 18.2 Å². The van der Waals surface area contributed by atoms with E-state index in [4.69, 9.17) is 0 Å². The summed E-state index contributed by atoms with van der Waals surface area (Å²) in [4.78, 5) is 13.6. The SMILES string of the molecule is CSc1cccc(N[C@@H](C)C(=O)Nc2ccc3ccccc3c2)c1. The van der Waals surface area contributed by atoms with Gasteiger partial charge in [0.2, 0.25) is 5.91 Å². The molecule has 0 unspecified atom stereocenters. The van der Waals surface area contributed by atoms with Crippen LogP contribution in [0.25, 0.3) is 10.8 Å². The number of fused-ring (bicyclic) bond motifs is 1. The summed E-state index contributed by atoms with van der Waals surface area (Å²) in [7, 11) is 0. The molecule has 3 aromatic rings. The molecule has 3 nitrogen and oxygen atoms in total. The van der Waals surface area contributed by atoms with Crippen molar-refractivity contribution < 1.29 is 4.79 Å². The fraction of sp³-hybridized carbons (Fsp3) is 0.150. The van der Waals surface area contributed by atoms with E-state index in [1.165, 1.54) is 4.90 Å². The number of rotatable bonds is 5. The first kappa shape index (κ1) is 16.4. The second-order valence-electron chi connectivity index (χ2n) is 5.65. The van der Waals surface area contributed by atoms with Gasteiger partial charge in [0.25, 0.3) is 0 Å². The minimum Gasteiger partial charge on any atom is -0.374 e. The van der Waals surface area contributed by atoms with Gasteiger partial charge in [-0.05, 0) is 54.3 Å². The van der Waals surface area contributed by atoms with Crippen molar-refractivity contribution >= 4 is 39.8 Å². The Hall–Kier alpha value is -2.46. The van der Waals surface area contributed by atoms with Crippen LogP contribution in [0.15, 0.2) is 71.6 Å². The molecule has 0 spiro atoms. The van der Waals surface area contributed by atoms with Crippen LogP contribution in [0.4, 0.5) is 11.4 Å². The van der Waals surface area contributed by atoms with Gasteiger partial charge >= 0.3 is 0 Å². The van der Waals surface area contributed by atoms with Gasteiger partial charge in [-0.1, -0.05) is 36.4 Å². The molecule has 0 aromatic heterocycles. The fourth-order valence-corrected chi connectivity index (χ4v) is 3.01. The number of amides is 1. The molecule has 1 atom stereocenters. The lowest BCUT2D eigenvalue weighted by Gasteiger charge is -2.16. The van der Waals surface area contributed by atoms with Gasteiger partial charge in [0, 0.05) is 16.3 Å². The highest BCUT2D eigenvalue weighted by molar-refractivity contribution is 7.98. The Labute approximate surface area is 146 Å². The largest absolute Gasteiger partial charge is 0.374 e. The van der Waals surface area contributed by atoms with Crippen LogP contribution in [0.2, 0.25) is 0 Å². The summed E-state index contributed by atoms with van der Waals surface area (Å²) in [5, 5.41) is 8.50. The van der Waals surface area contributed by atoms with Crippen molar-refractivity contribution in [2.75, 3.05) is 16.9 Å². The first-order valence-corrected chi connectivity index (χ1v) is 9.08. The first-order chi connectivity index (χ1) is 11.7. The molecule has 0 saturated carbocycles. The van der Waals surface area contributed by atoms with Gasteiger partial charge in [0.05, 0.1) is 0 Å². The summed E-state index contributed by atoms with van der Waals surface area (Å²) >= 11 is 1.68. The summed E-state index contributed by atoms with van der Waals surface area (Å²) in [6.07, 6.45) is 2.04. The van der Waals surface area contributed by atoms with Crippen molar-refractivity contribution in [3.05, 3.63) is 66.7 Å². The molecule has 0 aliphatic carbocycles. The molecular formula is C20H20N2OS. The maximum Gasteiger partial charge on any atom is 0.246 e. The number of thioether (sulfide) groups is 1. The molecule has 0 aliphatic heterocycles. The summed E-state index contributed by atoms with van der Waals surface area (Å²) in [6.45, 7) is 1.86. The van der Waals surface area contributed by atoms with E-state index in [0.29, 0.717) is 0 Å². The Bertz CT molecular complexity index is 863. The van der Waals surface area contributed by atoms with Crippen LogP contribution in [0.1, 0.15) is 6.92 Å². The smallest absolute Gasteiger partial charge is 0.246 e. The molecule has 0 radical (unpaired) electrons. The maximum atomic E-state index is 12.4. The van der Waals surface area contributed by atoms with Crippen LogP contribution in [0, 0.1) is 0 Å². The van der Waals surface area contributed by atoms with Crippen molar-refractivity contribution in [3.63, 3.8) is 0 Å². The Morgan fingerprint density at radius 3 is 2.50 bits per heavy atom. The van der Waals surface area contributed by atoms with E-state index in [1.807, 2.05) is 67.8 Å². The van der Waals surface area contributed by atoms with E-state index >= 15 is 0 Å². The molecule has 0 saturated heterocycles. The zero-order valence-electron chi connectivity index (χ0n) is 13.7. The lowest BCUT2D eigenvalue weighted by Crippen LogP contribution is -2.31. The number of nitrogens with one attached hydrogen (secondary N) is 2. The zero-order valence-corrected chi connectivity index (χ0v) is 14.6. The van der Waals surface area contributed by atoms with E-state index < -0.39 is 0 Å². The second kappa shape index (κ2) is 7.41. The Morgan fingerprint density at radius 2 is 1.71 bits per heavy atom. The summed E-state index contributed by atoms with van der Waals surface area (Å²) in [5.74, 6) is -0.0557. The number of hydrogen-bond acceptors (Lipinski definition) is 3. The van der Waals surface area contributed by atoms with E-state index in [-0.39, 0.29) is 11.9 Å². The lowest BCUT2D eigenvalue weighted by molar-refractivity contribution is -0.116. The molecule has 3 aromatic carbocycles. The molecular weight excluding hydrogens is 316 g/mol. The van der Waals surface area contributed by atoms with Crippen molar-refractivity contribution in [1.29, 1.82) is 0 Å². The van der Waals surface area contributed by atoms with Crippen LogP contribution in [0.3, 0.4) is 0 Å². The minimum absolute atomic E-state index is 0.0557. The summed E-state index contributed by atoms with van der Waals surface area (Å²) in [6, 6.07) is 21.8. The molecule has 24 heavy (non-hydrogen) atoms. The molecule has 0 heterocycles. The second-order valence-corrected chi connectivity index (χ2v) is 6.53. The van der Waals surface area contributed by atoms with E-state index in [2.05, 4.69) is 22.8 Å². The molecule has 1 amide bonds. The van der Waals surface area contributed by atoms with Crippen LogP contribution < -0.4 is 10.6 Å². The standard InChI is InChI=1S/C20H20N2OS/c1-14(21-17-8-5-9-19(13-17)24-2)20(23)22-18-11-10-15-6-3-4-7-16(15)12-18/h3-14,21H,1-2H3,(H,22,23)/t14-/m0/s1. The average Bonchev–Trinajstić information content (AvgIpc) is 2.61. The highest BCUT2D eigenvalue weighted by Crippen LogP contribution is 2.21. The van der Waals surface area contributed by atoms with Gasteiger partial charge < -0.3 is 10.6 Å². The maximum absolute atomic E-state index is 12.4. The molecule has 122 valence electrons. The summed E-state index contributed by atoms with van der Waals surface area (Å²) in [5.41, 5.74) is 1.76. The van der Waals surface area contributed by atoms with Gasteiger partial charge in [-0.25, -0.2) is 0 Å². The topological polar surface area (TPSA) is 41.1 Å². The number of anilines is 2. The average molecular weight is 336 g/mol. The van der Waals surface area contributed by atoms with E-state index in [0.717, 1.165) is 22.1 Å². The molecule has 0 aliphatic rings. The predicted octanol–water partition coefficient (Wildman–Crippen LogP) is 5.00. The van der Waals surface area contributed by atoms with E-state index in [9.17, 15) is 4.79 Å². The lowest BCUT2D eigenvalue weighted by atomic mass is 10.1. The number of hydrogen-bond donors (Lipinski definition) is 2. The number of carbonyl (C=O) groups excluding carboxylic acids is 1. The molecule has 0 bridgehead atoms.